The molecule has 0 radical (unpaired) electrons. The van der Waals surface area contributed by atoms with Crippen molar-refractivity contribution in [1.29, 1.82) is 0 Å². The Kier molecular flexibility index (Phi) is 11.9. The zero-order valence-corrected chi connectivity index (χ0v) is 26.9. The second-order valence-corrected chi connectivity index (χ2v) is 11.5. The lowest BCUT2D eigenvalue weighted by Crippen LogP contribution is -2.55. The van der Waals surface area contributed by atoms with E-state index < -0.39 is 41.6 Å². The van der Waals surface area contributed by atoms with Gasteiger partial charge in [-0.1, -0.05) is 0 Å². The highest BCUT2D eigenvalue weighted by Crippen LogP contribution is 2.39. The summed E-state index contributed by atoms with van der Waals surface area (Å²) in [6.07, 6.45) is 2.21. The van der Waals surface area contributed by atoms with Gasteiger partial charge in [-0.25, -0.2) is 14.3 Å². The number of carboxylic acids is 1. The van der Waals surface area contributed by atoms with Gasteiger partial charge in [0.05, 0.1) is 32.0 Å². The van der Waals surface area contributed by atoms with Crippen molar-refractivity contribution in [2.75, 3.05) is 45.6 Å². The number of piperazine rings is 1. The van der Waals surface area contributed by atoms with Gasteiger partial charge in [0.2, 0.25) is 17.4 Å². The molecule has 1 saturated carbocycles. The minimum Gasteiger partial charge on any atom is -0.481 e. The molecule has 16 heteroatoms. The van der Waals surface area contributed by atoms with Gasteiger partial charge in [-0.3, -0.25) is 14.4 Å². The molecule has 1 saturated heterocycles. The molecule has 15 nitrogen and oxygen atoms in total. The number of nitrogens with zero attached hydrogens (tertiary/aromatic N) is 4. The first-order valence-electron chi connectivity index (χ1n) is 15.1. The fraction of sp³-hybridized carbons (Fsp3) is 0.533. The molecule has 2 fully saturated rings. The zero-order chi connectivity index (χ0) is 33.3. The van der Waals surface area contributed by atoms with Gasteiger partial charge in [-0.15, -0.1) is 16.8 Å². The van der Waals surface area contributed by atoms with Gasteiger partial charge in [0.25, 0.3) is 5.91 Å². The number of carbonyl (C=O) groups is 5. The second kappa shape index (κ2) is 15.8. The summed E-state index contributed by atoms with van der Waals surface area (Å²) in [6.45, 7) is 4.46. The summed E-state index contributed by atoms with van der Waals surface area (Å²) in [5, 5.41) is 17.8. The molecular formula is C30H39N5O10S. The summed E-state index contributed by atoms with van der Waals surface area (Å²) in [5.74, 6) is -2.69. The second-order valence-electron chi connectivity index (χ2n) is 10.6. The molecule has 0 spiro atoms. The molecule has 1 aliphatic carbocycles. The van der Waals surface area contributed by atoms with E-state index in [1.807, 2.05) is 18.4 Å². The Balaban J connectivity index is 1.54. The summed E-state index contributed by atoms with van der Waals surface area (Å²) in [7, 11) is 0. The molecule has 2 amide bonds. The van der Waals surface area contributed by atoms with Crippen molar-refractivity contribution in [2.45, 2.75) is 62.5 Å². The van der Waals surface area contributed by atoms with Crippen LogP contribution in [0.3, 0.4) is 0 Å². The molecule has 46 heavy (non-hydrogen) atoms. The minimum absolute atomic E-state index is 0.0944. The van der Waals surface area contributed by atoms with Gasteiger partial charge < -0.3 is 34.4 Å². The van der Waals surface area contributed by atoms with E-state index in [9.17, 15) is 29.1 Å². The lowest BCUT2D eigenvalue weighted by Gasteiger charge is -2.38. The third-order valence-corrected chi connectivity index (χ3v) is 8.34. The molecule has 0 unspecified atom stereocenters. The summed E-state index contributed by atoms with van der Waals surface area (Å²) < 4.78 is 17.7. The first-order valence-corrected chi connectivity index (χ1v) is 16.3. The number of ether oxygens (including phenoxy) is 3. The first-order chi connectivity index (χ1) is 22.1. The van der Waals surface area contributed by atoms with Gasteiger partial charge in [-0.2, -0.15) is 5.10 Å². The topological polar surface area (TPSA) is 179 Å². The van der Waals surface area contributed by atoms with Gasteiger partial charge >= 0.3 is 18.1 Å². The smallest absolute Gasteiger partial charge is 0.481 e. The average molecular weight is 662 g/mol. The molecular weight excluding hydrogens is 622 g/mol. The maximum absolute atomic E-state index is 13.6. The van der Waals surface area contributed by atoms with Crippen LogP contribution in [0.5, 0.6) is 5.88 Å². The number of hydrogen-bond donors (Lipinski definition) is 2. The number of thioether (sulfide) groups is 1. The highest BCUT2D eigenvalue weighted by atomic mass is 32.2. The van der Waals surface area contributed by atoms with E-state index in [0.29, 0.717) is 18.5 Å². The number of nitrogens with one attached hydrogen (secondary N) is 1. The molecule has 4 rings (SSSR count). The van der Waals surface area contributed by atoms with E-state index in [1.165, 1.54) is 20.7 Å². The number of carboxylic acid groups (broad SMARTS) is 1. The SMILES string of the molecule is CCOC(=O)ON1CCN(C(=O)[C@H](CCC(=O)O)NC(=O)c2cc(OC3(C(=O)OCC)CCC3)n(-c3ccc(SC)cc3)n2)CC1. The summed E-state index contributed by atoms with van der Waals surface area (Å²) >= 11 is 1.56. The molecule has 2 heterocycles. The maximum Gasteiger partial charge on any atom is 0.527 e. The number of hydrogen-bond acceptors (Lipinski definition) is 12. The van der Waals surface area contributed by atoms with Crippen LogP contribution in [0.25, 0.3) is 5.69 Å². The van der Waals surface area contributed by atoms with Gasteiger partial charge in [0, 0.05) is 30.5 Å². The van der Waals surface area contributed by atoms with Crippen LogP contribution in [-0.4, -0.2) is 112 Å². The molecule has 1 aliphatic heterocycles. The van der Waals surface area contributed by atoms with Crippen molar-refractivity contribution >= 4 is 41.7 Å². The summed E-state index contributed by atoms with van der Waals surface area (Å²) in [4.78, 5) is 70.5. The Morgan fingerprint density at radius 3 is 2.26 bits per heavy atom. The Morgan fingerprint density at radius 2 is 1.70 bits per heavy atom. The number of hydroxylamine groups is 2. The largest absolute Gasteiger partial charge is 0.527 e. The molecule has 2 aliphatic rings. The van der Waals surface area contributed by atoms with Crippen LogP contribution < -0.4 is 10.1 Å². The fourth-order valence-electron chi connectivity index (χ4n) is 4.99. The Hall–Kier alpha value is -4.31. The van der Waals surface area contributed by atoms with E-state index in [4.69, 9.17) is 19.0 Å². The normalized spacial score (nSPS) is 16.5. The van der Waals surface area contributed by atoms with Gasteiger partial charge in [0.15, 0.2) is 5.69 Å². The molecule has 1 atom stereocenters. The van der Waals surface area contributed by atoms with Crippen LogP contribution in [-0.2, 0) is 28.7 Å². The number of benzene rings is 1. The number of carbonyl (C=O) groups excluding carboxylic acids is 4. The number of aliphatic carboxylic acids is 1. The predicted octanol–water partition coefficient (Wildman–Crippen LogP) is 2.65. The van der Waals surface area contributed by atoms with Gasteiger partial charge in [-0.05, 0) is 70.1 Å². The van der Waals surface area contributed by atoms with Gasteiger partial charge in [0.1, 0.15) is 6.04 Å². The fourth-order valence-corrected chi connectivity index (χ4v) is 5.40. The Morgan fingerprint density at radius 1 is 1.02 bits per heavy atom. The lowest BCUT2D eigenvalue weighted by molar-refractivity contribution is -0.170. The van der Waals surface area contributed by atoms with Crippen molar-refractivity contribution < 1.29 is 48.1 Å². The minimum atomic E-state index is -1.21. The molecule has 2 aromatic rings. The number of amides is 2. The quantitative estimate of drug-likeness (QED) is 0.223. The summed E-state index contributed by atoms with van der Waals surface area (Å²) in [6, 6.07) is 7.59. The standard InChI is InChI=1S/C30H39N5O10S/c1-4-42-28(40)30(13-6-14-30)44-24-19-23(32-35(24)20-7-9-21(46-3)10-8-20)26(38)31-22(11-12-25(36)37)27(39)33-15-17-34(18-16-33)45-29(41)43-5-2/h7-10,19,22H,4-6,11-18H2,1-3H3,(H,31,38)(H,36,37)/t22-/m0/s1. The monoisotopic (exact) mass is 661 g/mol. The van der Waals surface area contributed by atoms with Crippen LogP contribution in [0, 0.1) is 0 Å². The molecule has 1 aromatic heterocycles. The van der Waals surface area contributed by atoms with Crippen LogP contribution >= 0.6 is 11.8 Å². The average Bonchev–Trinajstić information content (AvgIpc) is 3.45. The molecule has 2 N–H and O–H groups in total. The third kappa shape index (κ3) is 8.48. The number of rotatable bonds is 14. The number of esters is 1. The van der Waals surface area contributed by atoms with Crippen molar-refractivity contribution in [3.05, 3.63) is 36.0 Å². The highest BCUT2D eigenvalue weighted by molar-refractivity contribution is 7.98. The Bertz CT molecular complexity index is 1400. The van der Waals surface area contributed by atoms with Crippen molar-refractivity contribution in [3.63, 3.8) is 0 Å². The van der Waals surface area contributed by atoms with E-state index in [2.05, 4.69) is 10.4 Å². The molecule has 0 bridgehead atoms. The van der Waals surface area contributed by atoms with E-state index in [1.54, 1.807) is 37.7 Å². The third-order valence-electron chi connectivity index (χ3n) is 7.60. The first kappa shape index (κ1) is 34.6. The molecule has 1 aromatic carbocycles. The highest BCUT2D eigenvalue weighted by Gasteiger charge is 2.49. The van der Waals surface area contributed by atoms with E-state index in [-0.39, 0.29) is 63.8 Å². The van der Waals surface area contributed by atoms with Crippen molar-refractivity contribution in [1.82, 2.24) is 25.1 Å². The lowest BCUT2D eigenvalue weighted by atomic mass is 9.80. The van der Waals surface area contributed by atoms with Crippen LogP contribution in [0.15, 0.2) is 35.2 Å². The van der Waals surface area contributed by atoms with Crippen molar-refractivity contribution in [3.8, 4) is 11.6 Å². The van der Waals surface area contributed by atoms with Crippen molar-refractivity contribution in [2.24, 2.45) is 0 Å². The maximum atomic E-state index is 13.6. The van der Waals surface area contributed by atoms with Crippen LogP contribution in [0.1, 0.15) is 56.4 Å². The number of aromatic nitrogens is 2. The molecule has 250 valence electrons. The summed E-state index contributed by atoms with van der Waals surface area (Å²) in [5.41, 5.74) is -0.727. The Labute approximate surface area is 270 Å². The van der Waals surface area contributed by atoms with E-state index in [0.717, 1.165) is 11.3 Å². The predicted molar refractivity (Wildman–Crippen MR) is 164 cm³/mol. The van der Waals surface area contributed by atoms with Crippen LogP contribution in [0.4, 0.5) is 4.79 Å². The zero-order valence-electron chi connectivity index (χ0n) is 26.1. The van der Waals surface area contributed by atoms with E-state index >= 15 is 0 Å². The van der Waals surface area contributed by atoms with Crippen LogP contribution in [0.2, 0.25) is 0 Å².